The molecule has 5 heteroatoms. The van der Waals surface area contributed by atoms with Crippen molar-refractivity contribution in [1.82, 2.24) is 4.57 Å². The molecule has 3 rings (SSSR count). The number of halogens is 1. The van der Waals surface area contributed by atoms with Crippen molar-refractivity contribution in [2.75, 3.05) is 0 Å². The zero-order valence-corrected chi connectivity index (χ0v) is 15.4. The molecule has 0 atom stereocenters. The highest BCUT2D eigenvalue weighted by molar-refractivity contribution is 5.97. The number of hydrogen-bond acceptors (Lipinski definition) is 2. The van der Waals surface area contributed by atoms with Crippen LogP contribution in [0.25, 0.3) is 0 Å². The molecule has 1 heterocycles. The van der Waals surface area contributed by atoms with Crippen molar-refractivity contribution in [3.63, 3.8) is 0 Å². The quantitative estimate of drug-likeness (QED) is 0.554. The van der Waals surface area contributed by atoms with E-state index in [1.807, 2.05) is 73.7 Å². The second-order valence-corrected chi connectivity index (χ2v) is 5.95. The molecule has 0 saturated carbocycles. The Morgan fingerprint density at radius 1 is 0.923 bits per heavy atom. The van der Waals surface area contributed by atoms with Crippen LogP contribution in [0.3, 0.4) is 0 Å². The third-order valence-electron chi connectivity index (χ3n) is 4.13. The molecule has 0 unspecified atom stereocenters. The van der Waals surface area contributed by atoms with E-state index < -0.39 is 0 Å². The zero-order chi connectivity index (χ0) is 17.6. The molecule has 134 valence electrons. The Bertz CT molecular complexity index is 934. The summed E-state index contributed by atoms with van der Waals surface area (Å²) in [5.41, 5.74) is 9.45. The molecular weight excluding hydrogens is 346 g/mol. The molecule has 0 radical (unpaired) electrons. The van der Waals surface area contributed by atoms with Crippen LogP contribution < -0.4 is 11.3 Å². The molecule has 1 aromatic heterocycles. The van der Waals surface area contributed by atoms with Crippen molar-refractivity contribution >= 4 is 18.2 Å². The molecule has 4 nitrogen and oxygen atoms in total. The van der Waals surface area contributed by atoms with E-state index in [0.717, 1.165) is 16.8 Å². The predicted octanol–water partition coefficient (Wildman–Crippen LogP) is 3.53. The van der Waals surface area contributed by atoms with Crippen molar-refractivity contribution in [1.29, 1.82) is 0 Å². The average molecular weight is 368 g/mol. The number of amidine groups is 1. The summed E-state index contributed by atoms with van der Waals surface area (Å²) in [7, 11) is 0. The number of nitrogens with zero attached hydrogens (tertiary/aromatic N) is 2. The molecule has 0 aliphatic heterocycles. The van der Waals surface area contributed by atoms with Gasteiger partial charge in [-0.25, -0.2) is 0 Å². The fourth-order valence-electron chi connectivity index (χ4n) is 2.67. The van der Waals surface area contributed by atoms with Gasteiger partial charge >= 0.3 is 0 Å². The maximum Gasteiger partial charge on any atom is 0.262 e. The first-order valence-electron chi connectivity index (χ1n) is 8.24. The predicted molar refractivity (Wildman–Crippen MR) is 109 cm³/mol. The fourth-order valence-corrected chi connectivity index (χ4v) is 2.67. The lowest BCUT2D eigenvalue weighted by molar-refractivity contribution is 0.728. The van der Waals surface area contributed by atoms with E-state index >= 15 is 0 Å². The van der Waals surface area contributed by atoms with Crippen molar-refractivity contribution in [2.24, 2.45) is 10.7 Å². The van der Waals surface area contributed by atoms with Gasteiger partial charge in [0, 0.05) is 5.69 Å². The van der Waals surface area contributed by atoms with Gasteiger partial charge in [-0.2, -0.15) is 0 Å². The lowest BCUT2D eigenvalue weighted by Gasteiger charge is -2.12. The first kappa shape index (κ1) is 19.5. The van der Waals surface area contributed by atoms with E-state index in [1.165, 1.54) is 0 Å². The Morgan fingerprint density at radius 2 is 1.50 bits per heavy atom. The van der Waals surface area contributed by atoms with Gasteiger partial charge in [0.1, 0.15) is 5.84 Å². The Balaban J connectivity index is 0.00000243. The fraction of sp³-hybridized carbons (Fsp3) is 0.143. The Labute approximate surface area is 159 Å². The molecule has 26 heavy (non-hydrogen) atoms. The molecule has 0 aliphatic carbocycles. The molecule has 0 amide bonds. The summed E-state index contributed by atoms with van der Waals surface area (Å²) in [6, 6.07) is 23.4. The SMILES string of the molecule is Cc1ccc(C(N)=NCc2ccccc2)c(=O)n1Cc1ccccc1.Cl. The van der Waals surface area contributed by atoms with Crippen LogP contribution in [0.15, 0.2) is 82.6 Å². The summed E-state index contributed by atoms with van der Waals surface area (Å²) < 4.78 is 1.73. The summed E-state index contributed by atoms with van der Waals surface area (Å²) >= 11 is 0. The van der Waals surface area contributed by atoms with E-state index in [0.29, 0.717) is 18.7 Å². The maximum absolute atomic E-state index is 12.8. The number of pyridine rings is 1. The van der Waals surface area contributed by atoms with Gasteiger partial charge in [0.15, 0.2) is 0 Å². The first-order valence-corrected chi connectivity index (χ1v) is 8.24. The van der Waals surface area contributed by atoms with Crippen LogP contribution in [-0.2, 0) is 13.1 Å². The number of benzene rings is 2. The first-order chi connectivity index (χ1) is 12.1. The molecule has 0 fully saturated rings. The third kappa shape index (κ3) is 4.61. The number of aryl methyl sites for hydroxylation is 1. The van der Waals surface area contributed by atoms with E-state index in [-0.39, 0.29) is 23.8 Å². The molecule has 2 aromatic carbocycles. The molecule has 0 spiro atoms. The van der Waals surface area contributed by atoms with Crippen molar-refractivity contribution < 1.29 is 0 Å². The van der Waals surface area contributed by atoms with Crippen molar-refractivity contribution in [3.8, 4) is 0 Å². The lowest BCUT2D eigenvalue weighted by Crippen LogP contribution is -2.31. The number of rotatable bonds is 5. The van der Waals surface area contributed by atoms with E-state index in [2.05, 4.69) is 4.99 Å². The highest BCUT2D eigenvalue weighted by Gasteiger charge is 2.10. The Morgan fingerprint density at radius 3 is 2.12 bits per heavy atom. The van der Waals surface area contributed by atoms with Crippen molar-refractivity contribution in [3.05, 3.63) is 106 Å². The summed E-state index contributed by atoms with van der Waals surface area (Å²) in [6.07, 6.45) is 0. The van der Waals surface area contributed by atoms with E-state index in [4.69, 9.17) is 5.73 Å². The molecule has 3 aromatic rings. The monoisotopic (exact) mass is 367 g/mol. The van der Waals surface area contributed by atoms with Crippen LogP contribution in [0.5, 0.6) is 0 Å². The van der Waals surface area contributed by atoms with Gasteiger partial charge < -0.3 is 10.3 Å². The summed E-state index contributed by atoms with van der Waals surface area (Å²) in [5.74, 6) is 0.274. The van der Waals surface area contributed by atoms with Gasteiger partial charge in [0.25, 0.3) is 5.56 Å². The van der Waals surface area contributed by atoms with Crippen LogP contribution in [0.1, 0.15) is 22.4 Å². The summed E-state index contributed by atoms with van der Waals surface area (Å²) in [6.45, 7) is 2.90. The number of hydrogen-bond donors (Lipinski definition) is 1. The second-order valence-electron chi connectivity index (χ2n) is 5.95. The van der Waals surface area contributed by atoms with Gasteiger partial charge in [-0.1, -0.05) is 60.7 Å². The van der Waals surface area contributed by atoms with Gasteiger partial charge in [0.2, 0.25) is 0 Å². The van der Waals surface area contributed by atoms with E-state index in [1.54, 1.807) is 10.6 Å². The highest BCUT2D eigenvalue weighted by Crippen LogP contribution is 2.06. The molecular formula is C21H22ClN3O. The van der Waals surface area contributed by atoms with Crippen LogP contribution >= 0.6 is 12.4 Å². The van der Waals surface area contributed by atoms with Gasteiger partial charge in [0.05, 0.1) is 18.7 Å². The molecule has 0 aliphatic rings. The number of aliphatic imine (C=N–C) groups is 1. The summed E-state index contributed by atoms with van der Waals surface area (Å²) in [4.78, 5) is 17.2. The lowest BCUT2D eigenvalue weighted by atomic mass is 10.2. The van der Waals surface area contributed by atoms with Crippen LogP contribution in [0.4, 0.5) is 0 Å². The third-order valence-corrected chi connectivity index (χ3v) is 4.13. The topological polar surface area (TPSA) is 60.4 Å². The average Bonchev–Trinajstić information content (AvgIpc) is 2.65. The maximum atomic E-state index is 12.8. The second kappa shape index (κ2) is 9.02. The number of nitrogens with two attached hydrogens (primary N) is 1. The van der Waals surface area contributed by atoms with Crippen LogP contribution in [0.2, 0.25) is 0 Å². The van der Waals surface area contributed by atoms with Gasteiger partial charge in [-0.3, -0.25) is 9.79 Å². The van der Waals surface area contributed by atoms with Crippen molar-refractivity contribution in [2.45, 2.75) is 20.0 Å². The van der Waals surface area contributed by atoms with Crippen LogP contribution in [-0.4, -0.2) is 10.4 Å². The molecule has 0 saturated heterocycles. The highest BCUT2D eigenvalue weighted by atomic mass is 35.5. The smallest absolute Gasteiger partial charge is 0.262 e. The minimum atomic E-state index is -0.113. The Hall–Kier alpha value is -2.85. The standard InChI is InChI=1S/C21H21N3O.ClH/c1-16-12-13-19(20(22)23-14-17-8-4-2-5-9-17)21(25)24(16)15-18-10-6-3-7-11-18;/h2-13H,14-15H2,1H3,(H2,22,23);1H. The molecule has 2 N–H and O–H groups in total. The molecule has 0 bridgehead atoms. The minimum absolute atomic E-state index is 0. The van der Waals surface area contributed by atoms with E-state index in [9.17, 15) is 4.79 Å². The minimum Gasteiger partial charge on any atom is -0.383 e. The van der Waals surface area contributed by atoms with Crippen LogP contribution in [0, 0.1) is 6.92 Å². The van der Waals surface area contributed by atoms with Gasteiger partial charge in [-0.15, -0.1) is 12.4 Å². The van der Waals surface area contributed by atoms with Gasteiger partial charge in [-0.05, 0) is 30.2 Å². The summed E-state index contributed by atoms with van der Waals surface area (Å²) in [5, 5.41) is 0. The zero-order valence-electron chi connectivity index (χ0n) is 14.6. The normalized spacial score (nSPS) is 11.0. The largest absolute Gasteiger partial charge is 0.383 e. The number of aromatic nitrogens is 1. The Kier molecular flexibility index (Phi) is 6.75.